The van der Waals surface area contributed by atoms with Crippen LogP contribution in [0.4, 0.5) is 0 Å². The maximum atomic E-state index is 14.9. The maximum absolute atomic E-state index is 14.9. The molecule has 0 saturated carbocycles. The fourth-order valence-electron chi connectivity index (χ4n) is 9.41. The number of hydrogen-bond acceptors (Lipinski definition) is 16. The number of nitrogens with zero attached hydrogens (tertiary/aromatic N) is 5. The van der Waals surface area contributed by atoms with Crippen LogP contribution in [0.15, 0.2) is 66.7 Å². The van der Waals surface area contributed by atoms with Crippen LogP contribution in [0, 0.1) is 5.41 Å². The van der Waals surface area contributed by atoms with Crippen molar-refractivity contribution in [2.45, 2.75) is 62.3 Å². The highest BCUT2D eigenvalue weighted by Crippen LogP contribution is 2.24. The van der Waals surface area contributed by atoms with E-state index in [0.29, 0.717) is 17.4 Å². The average molecular weight is 1090 g/mol. The summed E-state index contributed by atoms with van der Waals surface area (Å²) in [6.07, 6.45) is 0.479. The molecule has 2 saturated heterocycles. The molecule has 5 rings (SSSR count). The summed E-state index contributed by atoms with van der Waals surface area (Å²) in [7, 11) is 1.44. The van der Waals surface area contributed by atoms with Gasteiger partial charge in [-0.2, -0.15) is 0 Å². The molecule has 0 bridgehead atoms. The Bertz CT molecular complexity index is 2560. The summed E-state index contributed by atoms with van der Waals surface area (Å²) in [6, 6.07) is 15.2. The Balaban J connectivity index is 1.40. The standard InChI is InChI=1S/C52H73N13O13/c1-61-42(9-5-16-55-44(69)30-62-18-20-63(31-45(70)71)22-24-65(33-47(74)75)25-23-64(21-19-62)32-46(72)73)50(78)58-40(8-4-17-56-51(53)54)49(77)59-41(27-36-10-13-37-6-2-3-7-38(37)26-36)48(76)57-29-43(68)60-52(61,34-66)28-35-11-14-39(67)15-12-35/h2-3,6-7,10-15,26,34,40-42,67H,4-5,8-9,16-25,27-33H2,1H3,(H,55,69)(H,57,76)(H,58,78)(H,59,77)(H,60,68)(H,70,71)(H,72,73)(H,74,75)(H4,53,54,56)/t40-,41-,42+,52+/m0/s1. The molecule has 0 radical (unpaired) electrons. The number of nitrogens with two attached hydrogens (primary N) is 1. The normalized spacial score (nSPS) is 21.5. The zero-order valence-corrected chi connectivity index (χ0v) is 43.8. The Morgan fingerprint density at radius 3 is 1.74 bits per heavy atom. The topological polar surface area (TPSA) is 373 Å². The third kappa shape index (κ3) is 20.0. The molecular weight excluding hydrogens is 1010 g/mol. The lowest BCUT2D eigenvalue weighted by Gasteiger charge is -2.42. The van der Waals surface area contributed by atoms with Crippen molar-refractivity contribution in [2.24, 2.45) is 5.73 Å². The minimum absolute atomic E-state index is 0.000467. The molecule has 0 unspecified atom stereocenters. The second-order valence-corrected chi connectivity index (χ2v) is 19.5. The third-order valence-corrected chi connectivity index (χ3v) is 13.6. The van der Waals surface area contributed by atoms with E-state index in [0.717, 1.165) is 10.8 Å². The van der Waals surface area contributed by atoms with Crippen LogP contribution in [0.25, 0.3) is 10.8 Å². The van der Waals surface area contributed by atoms with Gasteiger partial charge in [0, 0.05) is 78.3 Å². The van der Waals surface area contributed by atoms with E-state index < -0.39 is 77.8 Å². The van der Waals surface area contributed by atoms with Gasteiger partial charge in [-0.15, -0.1) is 0 Å². The van der Waals surface area contributed by atoms with Gasteiger partial charge in [-0.3, -0.25) is 73.1 Å². The van der Waals surface area contributed by atoms with Gasteiger partial charge < -0.3 is 58.1 Å². The number of carbonyl (C=O) groups is 9. The number of benzene rings is 3. The first-order valence-electron chi connectivity index (χ1n) is 25.8. The Kier molecular flexibility index (Phi) is 23.7. The van der Waals surface area contributed by atoms with Gasteiger partial charge >= 0.3 is 17.9 Å². The zero-order chi connectivity index (χ0) is 56.8. The number of likely N-dealkylation sites (N-methyl/N-ethyl adjacent to an activating group) is 1. The van der Waals surface area contributed by atoms with Gasteiger partial charge in [0.25, 0.3) is 0 Å². The second kappa shape index (κ2) is 30.2. The van der Waals surface area contributed by atoms with Crippen molar-refractivity contribution in [3.8, 4) is 5.75 Å². The first-order valence-corrected chi connectivity index (χ1v) is 25.8. The Morgan fingerprint density at radius 1 is 0.679 bits per heavy atom. The summed E-state index contributed by atoms with van der Waals surface area (Å²) in [5.41, 5.74) is 4.68. The minimum Gasteiger partial charge on any atom is -0.508 e. The van der Waals surface area contributed by atoms with Crippen LogP contribution >= 0.6 is 0 Å². The summed E-state index contributed by atoms with van der Waals surface area (Å²) in [6.45, 7) is -0.142. The lowest BCUT2D eigenvalue weighted by molar-refractivity contribution is -0.141. The number of carbonyl (C=O) groups excluding carboxylic acids is 6. The van der Waals surface area contributed by atoms with Crippen molar-refractivity contribution < 1.29 is 63.6 Å². The summed E-state index contributed by atoms with van der Waals surface area (Å²) in [5.74, 6) is -7.12. The summed E-state index contributed by atoms with van der Waals surface area (Å²) < 4.78 is 0. The van der Waals surface area contributed by atoms with Crippen LogP contribution in [0.2, 0.25) is 0 Å². The number of rotatable bonds is 21. The van der Waals surface area contributed by atoms with Crippen LogP contribution in [0.3, 0.4) is 0 Å². The number of carboxylic acids is 3. The Hall–Kier alpha value is -7.78. The quantitative estimate of drug-likeness (QED) is 0.0225. The van der Waals surface area contributed by atoms with E-state index in [2.05, 4.69) is 31.9 Å². The Labute approximate surface area is 451 Å². The summed E-state index contributed by atoms with van der Waals surface area (Å²) in [5, 5.41) is 64.8. The van der Waals surface area contributed by atoms with Crippen molar-refractivity contribution in [1.29, 1.82) is 5.41 Å². The van der Waals surface area contributed by atoms with Gasteiger partial charge in [0.1, 0.15) is 17.8 Å². The maximum Gasteiger partial charge on any atom is 0.317 e. The molecule has 3 aromatic rings. The third-order valence-electron chi connectivity index (χ3n) is 13.6. The first kappa shape index (κ1) is 61.1. The molecule has 26 nitrogen and oxygen atoms in total. The largest absolute Gasteiger partial charge is 0.508 e. The number of aldehydes is 1. The fraction of sp³-hybridized carbons (Fsp3) is 0.500. The number of phenols is 1. The highest BCUT2D eigenvalue weighted by molar-refractivity contribution is 5.95. The molecular formula is C52H73N13O13. The van der Waals surface area contributed by atoms with Crippen LogP contribution in [0.5, 0.6) is 5.75 Å². The predicted molar refractivity (Wildman–Crippen MR) is 285 cm³/mol. The Morgan fingerprint density at radius 2 is 1.19 bits per heavy atom. The smallest absolute Gasteiger partial charge is 0.317 e. The van der Waals surface area contributed by atoms with Gasteiger partial charge in [-0.25, -0.2) is 0 Å². The van der Waals surface area contributed by atoms with E-state index in [-0.39, 0.29) is 142 Å². The van der Waals surface area contributed by atoms with Crippen LogP contribution < -0.4 is 37.6 Å². The van der Waals surface area contributed by atoms with Gasteiger partial charge in [0.2, 0.25) is 29.5 Å². The average Bonchev–Trinajstić information content (AvgIpc) is 3.41. The molecule has 4 atom stereocenters. The molecule has 0 aliphatic carbocycles. The molecule has 2 aliphatic heterocycles. The molecule has 13 N–H and O–H groups in total. The number of fused-ring (bicyclic) bond motifs is 1. The van der Waals surface area contributed by atoms with E-state index >= 15 is 0 Å². The molecule has 0 aromatic heterocycles. The number of phenolic OH excluding ortho intramolecular Hbond substituents is 1. The lowest BCUT2D eigenvalue weighted by Crippen LogP contribution is -2.68. The predicted octanol–water partition coefficient (Wildman–Crippen LogP) is -2.62. The second-order valence-electron chi connectivity index (χ2n) is 19.5. The summed E-state index contributed by atoms with van der Waals surface area (Å²) in [4.78, 5) is 128. The molecule has 2 aliphatic rings. The monoisotopic (exact) mass is 1090 g/mol. The van der Waals surface area contributed by atoms with E-state index in [4.69, 9.17) is 11.1 Å². The highest BCUT2D eigenvalue weighted by Gasteiger charge is 2.43. The number of guanidine groups is 1. The van der Waals surface area contributed by atoms with E-state index in [9.17, 15) is 63.6 Å². The number of hydrogen-bond donors (Lipinski definition) is 12. The zero-order valence-electron chi connectivity index (χ0n) is 43.8. The molecule has 78 heavy (non-hydrogen) atoms. The first-order chi connectivity index (χ1) is 37.2. The number of nitrogens with one attached hydrogen (secondary N) is 7. The highest BCUT2D eigenvalue weighted by atomic mass is 16.4. The van der Waals surface area contributed by atoms with Crippen molar-refractivity contribution in [1.82, 2.24) is 56.4 Å². The van der Waals surface area contributed by atoms with Crippen molar-refractivity contribution >= 4 is 70.5 Å². The van der Waals surface area contributed by atoms with Crippen LogP contribution in [0.1, 0.15) is 36.8 Å². The molecule has 0 spiro atoms. The molecule has 424 valence electrons. The molecule has 3 aromatic carbocycles. The molecule has 5 amide bonds. The van der Waals surface area contributed by atoms with Crippen LogP contribution in [-0.2, 0) is 56.0 Å². The van der Waals surface area contributed by atoms with Crippen molar-refractivity contribution in [3.63, 3.8) is 0 Å². The summed E-state index contributed by atoms with van der Waals surface area (Å²) >= 11 is 0. The van der Waals surface area contributed by atoms with Crippen molar-refractivity contribution in [2.75, 3.05) is 105 Å². The van der Waals surface area contributed by atoms with Gasteiger partial charge in [-0.1, -0.05) is 54.6 Å². The SMILES string of the molecule is CN1[C@H](CCCNC(=O)CN2CCN(CC(=O)O)CCN(CC(=O)O)CCN(CC(=O)O)CC2)C(=O)N[C@@H](CCCNC(=N)N)C(=O)N[C@@H](Cc2ccc3ccccc3c2)C(=O)NCC(=O)N[C@]1(C=O)Cc1ccc(O)cc1. The van der Waals surface area contributed by atoms with E-state index in [1.54, 1.807) is 19.6 Å². The number of aliphatic carboxylic acids is 3. The minimum atomic E-state index is -1.99. The van der Waals surface area contributed by atoms with Gasteiger partial charge in [-0.05, 0) is 66.8 Å². The molecule has 2 fully saturated rings. The molecule has 26 heteroatoms. The lowest BCUT2D eigenvalue weighted by atomic mass is 9.95. The molecule has 2 heterocycles. The van der Waals surface area contributed by atoms with Gasteiger partial charge in [0.05, 0.1) is 38.8 Å². The van der Waals surface area contributed by atoms with E-state index in [1.807, 2.05) is 42.5 Å². The van der Waals surface area contributed by atoms with Crippen molar-refractivity contribution in [3.05, 3.63) is 77.9 Å². The number of amides is 5. The van der Waals surface area contributed by atoms with Crippen LogP contribution in [-0.4, -0.2) is 234 Å². The number of carboxylic acid groups (broad SMARTS) is 3. The fourth-order valence-corrected chi connectivity index (χ4v) is 9.41. The number of aromatic hydroxyl groups is 1. The van der Waals surface area contributed by atoms with E-state index in [1.165, 1.54) is 36.2 Å². The van der Waals surface area contributed by atoms with Gasteiger partial charge in [0.15, 0.2) is 17.9 Å².